The van der Waals surface area contributed by atoms with Crippen molar-refractivity contribution >= 4 is 17.3 Å². The van der Waals surface area contributed by atoms with E-state index in [2.05, 4.69) is 11.0 Å². The molecule has 4 rings (SSSR count). The summed E-state index contributed by atoms with van der Waals surface area (Å²) < 4.78 is 21.4. The molecule has 0 fully saturated rings. The SMILES string of the molecule is CCN(N)c1ccc(C(CC(=O)O)c2ccc(C)c(CN3CCOc4ccccc4C3)c2)c(F)c1N. The minimum Gasteiger partial charge on any atom is -0.492 e. The summed E-state index contributed by atoms with van der Waals surface area (Å²) in [6.07, 6.45) is -0.261. The zero-order valence-electron chi connectivity index (χ0n) is 20.7. The lowest BCUT2D eigenvalue weighted by Crippen LogP contribution is -2.31. The van der Waals surface area contributed by atoms with E-state index in [0.717, 1.165) is 41.1 Å². The molecule has 0 spiro atoms. The van der Waals surface area contributed by atoms with Gasteiger partial charge in [-0.25, -0.2) is 10.2 Å². The molecule has 0 aliphatic carbocycles. The molecule has 1 aliphatic rings. The Morgan fingerprint density at radius 1 is 1.22 bits per heavy atom. The largest absolute Gasteiger partial charge is 0.492 e. The maximum absolute atomic E-state index is 15.5. The van der Waals surface area contributed by atoms with Crippen LogP contribution in [0.1, 0.15) is 47.1 Å². The number of aryl methyl sites for hydroxylation is 1. The van der Waals surface area contributed by atoms with Crippen LogP contribution < -0.4 is 21.3 Å². The molecule has 0 aromatic heterocycles. The average molecular weight is 493 g/mol. The van der Waals surface area contributed by atoms with E-state index < -0.39 is 17.7 Å². The van der Waals surface area contributed by atoms with Crippen LogP contribution >= 0.6 is 0 Å². The predicted molar refractivity (Wildman–Crippen MR) is 139 cm³/mol. The van der Waals surface area contributed by atoms with E-state index in [-0.39, 0.29) is 17.7 Å². The summed E-state index contributed by atoms with van der Waals surface area (Å²) in [6.45, 7) is 7.08. The van der Waals surface area contributed by atoms with Crippen molar-refractivity contribution in [2.24, 2.45) is 5.84 Å². The van der Waals surface area contributed by atoms with Crippen molar-refractivity contribution < 1.29 is 19.0 Å². The topological polar surface area (TPSA) is 105 Å². The molecule has 190 valence electrons. The number of ether oxygens (including phenoxy) is 1. The summed E-state index contributed by atoms with van der Waals surface area (Å²) in [6, 6.07) is 17.1. The zero-order valence-corrected chi connectivity index (χ0v) is 20.7. The number of halogens is 1. The first-order chi connectivity index (χ1) is 17.3. The molecule has 3 aromatic rings. The van der Waals surface area contributed by atoms with Gasteiger partial charge in [-0.05, 0) is 48.2 Å². The third kappa shape index (κ3) is 5.45. The lowest BCUT2D eigenvalue weighted by atomic mass is 9.86. The van der Waals surface area contributed by atoms with Gasteiger partial charge in [0.25, 0.3) is 0 Å². The molecule has 36 heavy (non-hydrogen) atoms. The number of carbonyl (C=O) groups is 1. The third-order valence-corrected chi connectivity index (χ3v) is 6.79. The highest BCUT2D eigenvalue weighted by Gasteiger charge is 2.25. The number of para-hydroxylation sites is 1. The second kappa shape index (κ2) is 11.0. The second-order valence-electron chi connectivity index (χ2n) is 9.19. The number of hydrazine groups is 1. The van der Waals surface area contributed by atoms with Crippen LogP contribution in [0.25, 0.3) is 0 Å². The number of anilines is 2. The molecule has 0 bridgehead atoms. The van der Waals surface area contributed by atoms with Crippen molar-refractivity contribution in [3.63, 3.8) is 0 Å². The zero-order chi connectivity index (χ0) is 25.8. The van der Waals surface area contributed by atoms with Crippen LogP contribution in [-0.4, -0.2) is 35.7 Å². The Balaban J connectivity index is 1.67. The van der Waals surface area contributed by atoms with Gasteiger partial charge in [0.1, 0.15) is 12.4 Å². The molecule has 0 saturated heterocycles. The van der Waals surface area contributed by atoms with Crippen LogP contribution in [0.3, 0.4) is 0 Å². The predicted octanol–water partition coefficient (Wildman–Crippen LogP) is 4.42. The van der Waals surface area contributed by atoms with Crippen LogP contribution in [0.4, 0.5) is 15.8 Å². The Morgan fingerprint density at radius 3 is 2.75 bits per heavy atom. The smallest absolute Gasteiger partial charge is 0.304 e. The number of nitrogens with two attached hydrogens (primary N) is 2. The highest BCUT2D eigenvalue weighted by molar-refractivity contribution is 5.72. The summed E-state index contributed by atoms with van der Waals surface area (Å²) in [4.78, 5) is 14.1. The average Bonchev–Trinajstić information content (AvgIpc) is 3.07. The number of benzene rings is 3. The fraction of sp³-hybridized carbons (Fsp3) is 0.321. The van der Waals surface area contributed by atoms with E-state index in [9.17, 15) is 9.90 Å². The molecule has 1 aliphatic heterocycles. The van der Waals surface area contributed by atoms with E-state index >= 15 is 4.39 Å². The van der Waals surface area contributed by atoms with Gasteiger partial charge in [-0.3, -0.25) is 9.69 Å². The molecule has 0 radical (unpaired) electrons. The molecule has 5 N–H and O–H groups in total. The van der Waals surface area contributed by atoms with Gasteiger partial charge in [-0.2, -0.15) is 0 Å². The molecule has 0 saturated carbocycles. The fourth-order valence-electron chi connectivity index (χ4n) is 4.71. The summed E-state index contributed by atoms with van der Waals surface area (Å²) >= 11 is 0. The molecule has 8 heteroatoms. The highest BCUT2D eigenvalue weighted by Crippen LogP contribution is 2.36. The first-order valence-electron chi connectivity index (χ1n) is 12.1. The van der Waals surface area contributed by atoms with Gasteiger partial charge >= 0.3 is 5.97 Å². The molecular formula is C28H33FN4O3. The highest BCUT2D eigenvalue weighted by atomic mass is 19.1. The van der Waals surface area contributed by atoms with Gasteiger partial charge < -0.3 is 20.6 Å². The Bertz CT molecular complexity index is 1250. The van der Waals surface area contributed by atoms with E-state index in [1.165, 1.54) is 5.01 Å². The van der Waals surface area contributed by atoms with Crippen LogP contribution in [0.15, 0.2) is 54.6 Å². The fourth-order valence-corrected chi connectivity index (χ4v) is 4.71. The van der Waals surface area contributed by atoms with Gasteiger partial charge in [0.2, 0.25) is 0 Å². The summed E-state index contributed by atoms with van der Waals surface area (Å²) in [5, 5.41) is 11.0. The van der Waals surface area contributed by atoms with E-state index in [4.69, 9.17) is 16.3 Å². The van der Waals surface area contributed by atoms with Crippen LogP contribution in [0.5, 0.6) is 5.75 Å². The van der Waals surface area contributed by atoms with Crippen molar-refractivity contribution in [2.75, 3.05) is 30.4 Å². The van der Waals surface area contributed by atoms with Crippen LogP contribution in [-0.2, 0) is 17.9 Å². The van der Waals surface area contributed by atoms with Crippen molar-refractivity contribution in [3.05, 3.63) is 88.2 Å². The number of aliphatic carboxylic acids is 1. The van der Waals surface area contributed by atoms with E-state index in [1.807, 2.05) is 50.2 Å². The number of rotatable bonds is 8. The maximum Gasteiger partial charge on any atom is 0.304 e. The molecule has 1 unspecified atom stereocenters. The summed E-state index contributed by atoms with van der Waals surface area (Å²) in [5.74, 6) is 4.49. The first kappa shape index (κ1) is 25.5. The number of nitrogens with zero attached hydrogens (tertiary/aromatic N) is 2. The summed E-state index contributed by atoms with van der Waals surface area (Å²) in [5.41, 5.74) is 10.6. The lowest BCUT2D eigenvalue weighted by Gasteiger charge is -2.24. The van der Waals surface area contributed by atoms with Gasteiger partial charge in [-0.15, -0.1) is 0 Å². The molecule has 1 heterocycles. The van der Waals surface area contributed by atoms with Gasteiger partial charge in [0, 0.05) is 37.7 Å². The van der Waals surface area contributed by atoms with Crippen LogP contribution in [0, 0.1) is 12.7 Å². The van der Waals surface area contributed by atoms with Crippen molar-refractivity contribution in [3.8, 4) is 5.75 Å². The van der Waals surface area contributed by atoms with E-state index in [1.54, 1.807) is 12.1 Å². The monoisotopic (exact) mass is 492 g/mol. The minimum absolute atomic E-state index is 0.0807. The molecule has 0 amide bonds. The molecular weight excluding hydrogens is 459 g/mol. The molecule has 1 atom stereocenters. The quantitative estimate of drug-likeness (QED) is 0.243. The van der Waals surface area contributed by atoms with E-state index in [0.29, 0.717) is 25.4 Å². The maximum atomic E-state index is 15.5. The summed E-state index contributed by atoms with van der Waals surface area (Å²) in [7, 11) is 0. The number of hydrogen-bond acceptors (Lipinski definition) is 6. The number of carboxylic acids is 1. The Kier molecular flexibility index (Phi) is 7.76. The Morgan fingerprint density at radius 2 is 2.00 bits per heavy atom. The normalized spacial score (nSPS) is 14.4. The molecule has 7 nitrogen and oxygen atoms in total. The third-order valence-electron chi connectivity index (χ3n) is 6.79. The van der Waals surface area contributed by atoms with Crippen molar-refractivity contribution in [1.29, 1.82) is 0 Å². The standard InChI is InChI=1S/C28H33FN4O3/c1-3-33(31)24-11-10-22(27(29)28(24)30)23(15-26(34)35)19-9-8-18(2)21(14-19)17-32-12-13-36-25-7-5-4-6-20(25)16-32/h4-11,14,23H,3,12-13,15-17,30-31H2,1-2H3,(H,34,35). The Labute approximate surface area is 211 Å². The van der Waals surface area contributed by atoms with Crippen LogP contribution in [0.2, 0.25) is 0 Å². The Hall–Kier alpha value is -3.62. The number of hydrogen-bond donors (Lipinski definition) is 3. The first-order valence-corrected chi connectivity index (χ1v) is 12.1. The number of carboxylic acid groups (broad SMARTS) is 1. The van der Waals surface area contributed by atoms with Gasteiger partial charge in [-0.1, -0.05) is 42.5 Å². The van der Waals surface area contributed by atoms with Crippen molar-refractivity contribution in [2.45, 2.75) is 39.3 Å². The van der Waals surface area contributed by atoms with Gasteiger partial charge in [0.15, 0.2) is 5.82 Å². The van der Waals surface area contributed by atoms with Crippen molar-refractivity contribution in [1.82, 2.24) is 4.90 Å². The minimum atomic E-state index is -1.01. The number of fused-ring (bicyclic) bond motifs is 1. The second-order valence-corrected chi connectivity index (χ2v) is 9.19. The molecule has 3 aromatic carbocycles. The lowest BCUT2D eigenvalue weighted by molar-refractivity contribution is -0.137. The van der Waals surface area contributed by atoms with Gasteiger partial charge in [0.05, 0.1) is 17.8 Å². The number of nitrogen functional groups attached to an aromatic ring is 1.